The predicted molar refractivity (Wildman–Crippen MR) is 105 cm³/mol. The SMILES string of the molecule is CN=C(NCCCOC1CCOC1)NCCc1ccc(F)cc1.I. The predicted octanol–water partition coefficient (Wildman–Crippen LogP) is 2.35. The second-order valence-corrected chi connectivity index (χ2v) is 5.51. The van der Waals surface area contributed by atoms with Gasteiger partial charge < -0.3 is 20.1 Å². The zero-order chi connectivity index (χ0) is 16.3. The van der Waals surface area contributed by atoms with Gasteiger partial charge in [0.1, 0.15) is 5.82 Å². The Kier molecular flexibility index (Phi) is 10.9. The van der Waals surface area contributed by atoms with Crippen LogP contribution in [0.2, 0.25) is 0 Å². The van der Waals surface area contributed by atoms with E-state index < -0.39 is 0 Å². The van der Waals surface area contributed by atoms with Gasteiger partial charge in [0.25, 0.3) is 0 Å². The van der Waals surface area contributed by atoms with Crippen LogP contribution in [0.5, 0.6) is 0 Å². The first-order valence-corrected chi connectivity index (χ1v) is 8.16. The molecule has 136 valence electrons. The highest BCUT2D eigenvalue weighted by Crippen LogP contribution is 2.07. The lowest BCUT2D eigenvalue weighted by Crippen LogP contribution is -2.39. The normalized spacial score (nSPS) is 17.4. The van der Waals surface area contributed by atoms with Gasteiger partial charge in [-0.25, -0.2) is 4.39 Å². The molecular weight excluding hydrogens is 424 g/mol. The highest BCUT2D eigenvalue weighted by Gasteiger charge is 2.15. The fourth-order valence-electron chi connectivity index (χ4n) is 2.37. The van der Waals surface area contributed by atoms with Crippen LogP contribution in [0.3, 0.4) is 0 Å². The molecule has 1 aliphatic rings. The van der Waals surface area contributed by atoms with Crippen LogP contribution in [0.15, 0.2) is 29.3 Å². The van der Waals surface area contributed by atoms with Crippen molar-refractivity contribution < 1.29 is 13.9 Å². The molecule has 0 saturated carbocycles. The summed E-state index contributed by atoms with van der Waals surface area (Å²) in [7, 11) is 1.75. The van der Waals surface area contributed by atoms with Gasteiger partial charge in [0.05, 0.1) is 12.7 Å². The monoisotopic (exact) mass is 451 g/mol. The van der Waals surface area contributed by atoms with Crippen LogP contribution >= 0.6 is 24.0 Å². The van der Waals surface area contributed by atoms with E-state index in [2.05, 4.69) is 15.6 Å². The van der Waals surface area contributed by atoms with Gasteiger partial charge >= 0.3 is 0 Å². The summed E-state index contributed by atoms with van der Waals surface area (Å²) >= 11 is 0. The molecule has 0 bridgehead atoms. The molecule has 0 aliphatic carbocycles. The highest BCUT2D eigenvalue weighted by molar-refractivity contribution is 14.0. The molecule has 2 rings (SSSR count). The Labute approximate surface area is 160 Å². The maximum Gasteiger partial charge on any atom is 0.190 e. The third-order valence-corrected chi connectivity index (χ3v) is 3.70. The van der Waals surface area contributed by atoms with E-state index in [1.807, 2.05) is 0 Å². The number of aliphatic imine (C=N–C) groups is 1. The zero-order valence-electron chi connectivity index (χ0n) is 14.1. The number of ether oxygens (including phenoxy) is 2. The molecule has 0 radical (unpaired) electrons. The van der Waals surface area contributed by atoms with E-state index in [1.54, 1.807) is 19.2 Å². The topological polar surface area (TPSA) is 54.9 Å². The van der Waals surface area contributed by atoms with Crippen molar-refractivity contribution in [1.29, 1.82) is 0 Å². The minimum Gasteiger partial charge on any atom is -0.379 e. The van der Waals surface area contributed by atoms with Gasteiger partial charge in [-0.15, -0.1) is 24.0 Å². The molecule has 24 heavy (non-hydrogen) atoms. The van der Waals surface area contributed by atoms with Crippen LogP contribution in [0.4, 0.5) is 4.39 Å². The zero-order valence-corrected chi connectivity index (χ0v) is 16.4. The second-order valence-electron chi connectivity index (χ2n) is 5.51. The highest BCUT2D eigenvalue weighted by atomic mass is 127. The third kappa shape index (κ3) is 8.25. The van der Waals surface area contributed by atoms with Crippen molar-refractivity contribution in [2.45, 2.75) is 25.4 Å². The van der Waals surface area contributed by atoms with Crippen molar-refractivity contribution in [2.24, 2.45) is 4.99 Å². The first-order valence-electron chi connectivity index (χ1n) is 8.16. The molecule has 1 unspecified atom stereocenters. The Morgan fingerprint density at radius 1 is 1.29 bits per heavy atom. The van der Waals surface area contributed by atoms with Crippen LogP contribution < -0.4 is 10.6 Å². The average Bonchev–Trinajstić information content (AvgIpc) is 3.08. The van der Waals surface area contributed by atoms with Gasteiger partial charge in [0.15, 0.2) is 5.96 Å². The van der Waals surface area contributed by atoms with Crippen LogP contribution in [0.1, 0.15) is 18.4 Å². The molecule has 7 heteroatoms. The number of benzene rings is 1. The summed E-state index contributed by atoms with van der Waals surface area (Å²) in [6.45, 7) is 3.83. The van der Waals surface area contributed by atoms with Gasteiger partial charge in [-0.05, 0) is 37.0 Å². The number of nitrogens with zero attached hydrogens (tertiary/aromatic N) is 1. The lowest BCUT2D eigenvalue weighted by Gasteiger charge is -2.13. The molecule has 5 nitrogen and oxygen atoms in total. The van der Waals surface area contributed by atoms with E-state index in [-0.39, 0.29) is 35.9 Å². The molecule has 1 aromatic carbocycles. The first kappa shape index (κ1) is 21.1. The molecule has 2 N–H and O–H groups in total. The van der Waals surface area contributed by atoms with E-state index in [4.69, 9.17) is 9.47 Å². The molecule has 0 aromatic heterocycles. The number of nitrogens with one attached hydrogen (secondary N) is 2. The van der Waals surface area contributed by atoms with E-state index >= 15 is 0 Å². The lowest BCUT2D eigenvalue weighted by atomic mass is 10.1. The van der Waals surface area contributed by atoms with Gasteiger partial charge in [-0.1, -0.05) is 12.1 Å². The first-order chi connectivity index (χ1) is 11.3. The Morgan fingerprint density at radius 2 is 2.04 bits per heavy atom. The summed E-state index contributed by atoms with van der Waals surface area (Å²) in [6.07, 6.45) is 3.02. The van der Waals surface area contributed by atoms with Gasteiger partial charge in [-0.3, -0.25) is 4.99 Å². The molecule has 1 saturated heterocycles. The van der Waals surface area contributed by atoms with Gasteiger partial charge in [0.2, 0.25) is 0 Å². The van der Waals surface area contributed by atoms with Crippen LogP contribution in [0, 0.1) is 5.82 Å². The molecule has 1 atom stereocenters. The van der Waals surface area contributed by atoms with Crippen molar-refractivity contribution in [3.05, 3.63) is 35.6 Å². The minimum atomic E-state index is -0.203. The number of hydrogen-bond donors (Lipinski definition) is 2. The van der Waals surface area contributed by atoms with Crippen molar-refractivity contribution in [3.8, 4) is 0 Å². The number of hydrogen-bond acceptors (Lipinski definition) is 3. The van der Waals surface area contributed by atoms with E-state index in [0.717, 1.165) is 63.7 Å². The quantitative estimate of drug-likeness (QED) is 0.276. The summed E-state index contributed by atoms with van der Waals surface area (Å²) in [6, 6.07) is 6.57. The van der Waals surface area contributed by atoms with E-state index in [0.29, 0.717) is 0 Å². The van der Waals surface area contributed by atoms with Crippen molar-refractivity contribution >= 4 is 29.9 Å². The van der Waals surface area contributed by atoms with Crippen molar-refractivity contribution in [3.63, 3.8) is 0 Å². The second kappa shape index (κ2) is 12.4. The summed E-state index contributed by atoms with van der Waals surface area (Å²) < 4.78 is 23.8. The van der Waals surface area contributed by atoms with E-state index in [9.17, 15) is 4.39 Å². The Balaban J connectivity index is 0.00000288. The molecular formula is C17H27FIN3O2. The number of halogens is 2. The fourth-order valence-corrected chi connectivity index (χ4v) is 2.37. The molecule has 1 heterocycles. The minimum absolute atomic E-state index is 0. The van der Waals surface area contributed by atoms with Crippen LogP contribution in [-0.2, 0) is 15.9 Å². The molecule has 1 aromatic rings. The largest absolute Gasteiger partial charge is 0.379 e. The molecule has 0 amide bonds. The Bertz CT molecular complexity index is 479. The summed E-state index contributed by atoms with van der Waals surface area (Å²) in [5.41, 5.74) is 1.10. The van der Waals surface area contributed by atoms with Crippen LogP contribution in [-0.4, -0.2) is 52.0 Å². The molecule has 1 fully saturated rings. The Morgan fingerprint density at radius 3 is 2.71 bits per heavy atom. The van der Waals surface area contributed by atoms with Crippen molar-refractivity contribution in [2.75, 3.05) is 40.0 Å². The van der Waals surface area contributed by atoms with Gasteiger partial charge in [0, 0.05) is 33.4 Å². The standard InChI is InChI=1S/C17H26FN3O2.HI/c1-19-17(20-9-2-11-23-16-8-12-22-13-16)21-10-7-14-3-5-15(18)6-4-14;/h3-6,16H,2,7-13H2,1H3,(H2,19,20,21);1H. The maximum absolute atomic E-state index is 12.8. The fraction of sp³-hybridized carbons (Fsp3) is 0.588. The number of guanidine groups is 1. The summed E-state index contributed by atoms with van der Waals surface area (Å²) in [5.74, 6) is 0.571. The third-order valence-electron chi connectivity index (χ3n) is 3.70. The van der Waals surface area contributed by atoms with Crippen molar-refractivity contribution in [1.82, 2.24) is 10.6 Å². The Hall–Kier alpha value is -0.930. The number of rotatable bonds is 8. The lowest BCUT2D eigenvalue weighted by molar-refractivity contribution is 0.0420. The van der Waals surface area contributed by atoms with Crippen LogP contribution in [0.25, 0.3) is 0 Å². The molecule has 1 aliphatic heterocycles. The van der Waals surface area contributed by atoms with E-state index in [1.165, 1.54) is 12.1 Å². The summed E-state index contributed by atoms with van der Waals surface area (Å²) in [5, 5.41) is 6.51. The smallest absolute Gasteiger partial charge is 0.190 e. The molecule has 0 spiro atoms. The summed E-state index contributed by atoms with van der Waals surface area (Å²) in [4.78, 5) is 4.18. The average molecular weight is 451 g/mol. The van der Waals surface area contributed by atoms with Gasteiger partial charge in [-0.2, -0.15) is 0 Å². The maximum atomic E-state index is 12.8.